The Kier molecular flexibility index (Phi) is 3.67. The van der Waals surface area contributed by atoms with Crippen LogP contribution in [-0.2, 0) is 12.8 Å². The van der Waals surface area contributed by atoms with E-state index in [9.17, 15) is 0 Å². The van der Waals surface area contributed by atoms with E-state index in [4.69, 9.17) is 4.98 Å². The molecule has 1 heterocycles. The Hall–Kier alpha value is -0.790. The first-order valence-corrected chi connectivity index (χ1v) is 6.78. The summed E-state index contributed by atoms with van der Waals surface area (Å²) < 4.78 is 0. The molecule has 2 atom stereocenters. The second-order valence-electron chi connectivity index (χ2n) is 5.45. The number of H-pyrrole nitrogens is 1. The Morgan fingerprint density at radius 1 is 1.31 bits per heavy atom. The lowest BCUT2D eigenvalue weighted by atomic mass is 9.84. The van der Waals surface area contributed by atoms with Crippen LogP contribution in [0, 0.1) is 5.92 Å². The van der Waals surface area contributed by atoms with E-state index in [-0.39, 0.29) is 0 Å². The van der Waals surface area contributed by atoms with Gasteiger partial charge in [-0.2, -0.15) is 0 Å². The van der Waals surface area contributed by atoms with Gasteiger partial charge in [0.2, 0.25) is 0 Å². The number of imidazole rings is 1. The van der Waals surface area contributed by atoms with Crippen molar-refractivity contribution in [3.63, 3.8) is 0 Å². The van der Waals surface area contributed by atoms with Gasteiger partial charge < -0.3 is 4.98 Å². The monoisotopic (exact) mass is 220 g/mol. The van der Waals surface area contributed by atoms with Crippen molar-refractivity contribution >= 4 is 0 Å². The third-order valence-electron chi connectivity index (χ3n) is 3.65. The van der Waals surface area contributed by atoms with Gasteiger partial charge in [-0.3, -0.25) is 0 Å². The average Bonchev–Trinajstić information content (AvgIpc) is 2.61. The SMILES string of the molecule is CCCCCc1nc2c([nH]1)CC(C)CC2C. The summed E-state index contributed by atoms with van der Waals surface area (Å²) in [6, 6.07) is 0. The molecule has 0 bridgehead atoms. The van der Waals surface area contributed by atoms with Crippen LogP contribution in [0.25, 0.3) is 0 Å². The zero-order valence-electron chi connectivity index (χ0n) is 10.8. The Labute approximate surface area is 98.9 Å². The molecule has 1 N–H and O–H groups in total. The molecule has 1 aromatic rings. The lowest BCUT2D eigenvalue weighted by Gasteiger charge is -2.22. The highest BCUT2D eigenvalue weighted by Crippen LogP contribution is 2.32. The largest absolute Gasteiger partial charge is 0.346 e. The zero-order chi connectivity index (χ0) is 11.5. The number of hydrogen-bond acceptors (Lipinski definition) is 1. The van der Waals surface area contributed by atoms with Gasteiger partial charge in [0.25, 0.3) is 0 Å². The normalized spacial score (nSPS) is 24.4. The first kappa shape index (κ1) is 11.7. The fraction of sp³-hybridized carbons (Fsp3) is 0.786. The summed E-state index contributed by atoms with van der Waals surface area (Å²) in [5.74, 6) is 2.68. The van der Waals surface area contributed by atoms with E-state index in [1.165, 1.54) is 49.3 Å². The van der Waals surface area contributed by atoms with Crippen molar-refractivity contribution in [1.82, 2.24) is 9.97 Å². The number of aromatic amines is 1. The van der Waals surface area contributed by atoms with E-state index < -0.39 is 0 Å². The quantitative estimate of drug-likeness (QED) is 0.768. The standard InChI is InChI=1S/C14H24N2/c1-4-5-6-7-13-15-12-9-10(2)8-11(3)14(12)16-13/h10-11H,4-9H2,1-3H3,(H,15,16). The number of nitrogens with zero attached hydrogens (tertiary/aromatic N) is 1. The number of fused-ring (bicyclic) bond motifs is 1. The summed E-state index contributed by atoms with van der Waals surface area (Å²) in [5.41, 5.74) is 2.77. The van der Waals surface area contributed by atoms with E-state index >= 15 is 0 Å². The van der Waals surface area contributed by atoms with Crippen molar-refractivity contribution < 1.29 is 0 Å². The second-order valence-corrected chi connectivity index (χ2v) is 5.45. The molecular weight excluding hydrogens is 196 g/mol. The zero-order valence-corrected chi connectivity index (χ0v) is 10.8. The minimum atomic E-state index is 0.648. The third kappa shape index (κ3) is 2.47. The number of hydrogen-bond donors (Lipinski definition) is 1. The Morgan fingerprint density at radius 3 is 2.88 bits per heavy atom. The number of unbranched alkanes of at least 4 members (excludes halogenated alkanes) is 2. The van der Waals surface area contributed by atoms with Crippen molar-refractivity contribution in [2.24, 2.45) is 5.92 Å². The van der Waals surface area contributed by atoms with Crippen LogP contribution in [0.4, 0.5) is 0 Å². The maximum Gasteiger partial charge on any atom is 0.106 e. The molecule has 2 heteroatoms. The summed E-state index contributed by atoms with van der Waals surface area (Å²) in [4.78, 5) is 8.32. The van der Waals surface area contributed by atoms with Gasteiger partial charge in [-0.1, -0.05) is 33.6 Å². The van der Waals surface area contributed by atoms with Gasteiger partial charge in [0.1, 0.15) is 5.82 Å². The summed E-state index contributed by atoms with van der Waals surface area (Å²) >= 11 is 0. The molecule has 1 aliphatic rings. The van der Waals surface area contributed by atoms with E-state index in [0.717, 1.165) is 12.3 Å². The van der Waals surface area contributed by atoms with Gasteiger partial charge in [0, 0.05) is 18.0 Å². The number of rotatable bonds is 4. The molecule has 0 spiro atoms. The highest BCUT2D eigenvalue weighted by molar-refractivity contribution is 5.22. The summed E-state index contributed by atoms with van der Waals surface area (Å²) in [6.45, 7) is 6.90. The molecule has 2 nitrogen and oxygen atoms in total. The van der Waals surface area contributed by atoms with Gasteiger partial charge >= 0.3 is 0 Å². The molecule has 0 aromatic carbocycles. The van der Waals surface area contributed by atoms with Crippen molar-refractivity contribution in [3.8, 4) is 0 Å². The number of aromatic nitrogens is 2. The van der Waals surface area contributed by atoms with Crippen molar-refractivity contribution in [3.05, 3.63) is 17.2 Å². The highest BCUT2D eigenvalue weighted by atomic mass is 14.9. The molecular formula is C14H24N2. The maximum atomic E-state index is 4.78. The van der Waals surface area contributed by atoms with Gasteiger partial charge in [-0.05, 0) is 25.2 Å². The molecule has 0 fully saturated rings. The van der Waals surface area contributed by atoms with Crippen LogP contribution in [0.1, 0.15) is 69.6 Å². The van der Waals surface area contributed by atoms with Crippen LogP contribution in [0.5, 0.6) is 0 Å². The Morgan fingerprint density at radius 2 is 2.12 bits per heavy atom. The molecule has 0 amide bonds. The molecule has 0 radical (unpaired) electrons. The van der Waals surface area contributed by atoms with Crippen LogP contribution >= 0.6 is 0 Å². The predicted molar refractivity (Wildman–Crippen MR) is 67.7 cm³/mol. The van der Waals surface area contributed by atoms with Crippen molar-refractivity contribution in [2.45, 2.75) is 65.2 Å². The van der Waals surface area contributed by atoms with E-state index in [0.29, 0.717) is 5.92 Å². The van der Waals surface area contributed by atoms with Crippen LogP contribution in [0.3, 0.4) is 0 Å². The number of nitrogens with one attached hydrogen (secondary N) is 1. The van der Waals surface area contributed by atoms with Gasteiger partial charge in [0.05, 0.1) is 5.69 Å². The van der Waals surface area contributed by atoms with Gasteiger partial charge in [-0.25, -0.2) is 4.98 Å². The third-order valence-corrected chi connectivity index (χ3v) is 3.65. The minimum Gasteiger partial charge on any atom is -0.346 e. The predicted octanol–water partition coefficient (Wildman–Crippen LogP) is 3.83. The van der Waals surface area contributed by atoms with Crippen LogP contribution in [0.15, 0.2) is 0 Å². The summed E-state index contributed by atoms with van der Waals surface area (Å²) in [5, 5.41) is 0. The first-order valence-electron chi connectivity index (χ1n) is 6.78. The maximum absolute atomic E-state index is 4.78. The molecule has 2 rings (SSSR count). The molecule has 16 heavy (non-hydrogen) atoms. The Balaban J connectivity index is 2.05. The molecule has 1 aromatic heterocycles. The molecule has 2 unspecified atom stereocenters. The summed E-state index contributed by atoms with van der Waals surface area (Å²) in [7, 11) is 0. The lowest BCUT2D eigenvalue weighted by Crippen LogP contribution is -2.14. The molecule has 1 aliphatic carbocycles. The first-order chi connectivity index (χ1) is 7.70. The topological polar surface area (TPSA) is 28.7 Å². The van der Waals surface area contributed by atoms with Crippen LogP contribution < -0.4 is 0 Å². The fourth-order valence-corrected chi connectivity index (χ4v) is 2.85. The van der Waals surface area contributed by atoms with E-state index in [1.54, 1.807) is 0 Å². The Bertz CT molecular complexity index is 341. The lowest BCUT2D eigenvalue weighted by molar-refractivity contribution is 0.440. The molecule has 0 aliphatic heterocycles. The molecule has 0 saturated carbocycles. The van der Waals surface area contributed by atoms with E-state index in [1.807, 2.05) is 0 Å². The highest BCUT2D eigenvalue weighted by Gasteiger charge is 2.24. The van der Waals surface area contributed by atoms with Crippen molar-refractivity contribution in [2.75, 3.05) is 0 Å². The van der Waals surface area contributed by atoms with Crippen molar-refractivity contribution in [1.29, 1.82) is 0 Å². The fourth-order valence-electron chi connectivity index (χ4n) is 2.85. The molecule has 90 valence electrons. The van der Waals surface area contributed by atoms with Gasteiger partial charge in [-0.15, -0.1) is 0 Å². The number of aryl methyl sites for hydroxylation is 1. The second kappa shape index (κ2) is 5.03. The van der Waals surface area contributed by atoms with Crippen LogP contribution in [0.2, 0.25) is 0 Å². The van der Waals surface area contributed by atoms with Crippen LogP contribution in [-0.4, -0.2) is 9.97 Å². The average molecular weight is 220 g/mol. The molecule has 0 saturated heterocycles. The minimum absolute atomic E-state index is 0.648. The summed E-state index contributed by atoms with van der Waals surface area (Å²) in [6.07, 6.45) is 7.49. The smallest absolute Gasteiger partial charge is 0.106 e. The van der Waals surface area contributed by atoms with E-state index in [2.05, 4.69) is 25.8 Å². The van der Waals surface area contributed by atoms with Gasteiger partial charge in [0.15, 0.2) is 0 Å².